The number of hydrogen-bond acceptors (Lipinski definition) is 10. The number of nitrogens with two attached hydrogens (primary N) is 1. The molecule has 1 aromatic rings. The largest absolute Gasteiger partial charge is 0.508 e. The van der Waals surface area contributed by atoms with Gasteiger partial charge in [0.15, 0.2) is 11.5 Å². The fraction of sp³-hybridized carbons (Fsp3) is 0.643. The molecule has 0 radical (unpaired) electrons. The Hall–Kier alpha value is -3.14. The molecule has 0 saturated heterocycles. The minimum atomic E-state index is -1.05. The van der Waals surface area contributed by atoms with Crippen molar-refractivity contribution in [1.82, 2.24) is 0 Å². The molecule has 0 aliphatic heterocycles. The summed E-state index contributed by atoms with van der Waals surface area (Å²) in [5, 5.41) is 0. The summed E-state index contributed by atoms with van der Waals surface area (Å²) in [5.41, 5.74) is 6.64. The van der Waals surface area contributed by atoms with Gasteiger partial charge in [0, 0.05) is 12.8 Å². The second-order valence-electron chi connectivity index (χ2n) is 10.7. The number of esters is 3. The maximum Gasteiger partial charge on any atom is 0.508 e. The normalized spacial score (nSPS) is 13.6. The molecule has 1 aromatic carbocycles. The Morgan fingerprint density at radius 1 is 0.737 bits per heavy atom. The zero-order chi connectivity index (χ0) is 29.0. The number of ether oxygens (including phenoxy) is 5. The van der Waals surface area contributed by atoms with Crippen LogP contribution in [0.25, 0.3) is 0 Å². The van der Waals surface area contributed by atoms with E-state index in [9.17, 15) is 19.2 Å². The Morgan fingerprint density at radius 3 is 1.79 bits per heavy atom. The minimum Gasteiger partial charge on any atom is -0.458 e. The van der Waals surface area contributed by atoms with E-state index in [0.29, 0.717) is 5.56 Å². The lowest BCUT2D eigenvalue weighted by Gasteiger charge is -2.22. The molecule has 1 rings (SSSR count). The average molecular weight is 538 g/mol. The molecule has 214 valence electrons. The van der Waals surface area contributed by atoms with Crippen LogP contribution >= 0.6 is 0 Å². The zero-order valence-electron chi connectivity index (χ0n) is 23.8. The lowest BCUT2D eigenvalue weighted by atomic mass is 10.1. The molecule has 0 aliphatic carbocycles. The average Bonchev–Trinajstić information content (AvgIpc) is 2.78. The second-order valence-corrected chi connectivity index (χ2v) is 10.7. The maximum absolute atomic E-state index is 12.6. The molecular weight excluding hydrogens is 494 g/mol. The number of carbonyl (C=O) groups excluding carboxylic acids is 4. The van der Waals surface area contributed by atoms with Crippen LogP contribution < -0.4 is 15.2 Å². The summed E-state index contributed by atoms with van der Waals surface area (Å²) < 4.78 is 26.4. The molecule has 0 fully saturated rings. The van der Waals surface area contributed by atoms with Crippen LogP contribution in [-0.4, -0.2) is 48.9 Å². The first kappa shape index (κ1) is 32.9. The van der Waals surface area contributed by atoms with Crippen molar-refractivity contribution >= 4 is 24.1 Å². The fourth-order valence-corrected chi connectivity index (χ4v) is 3.06. The number of carbonyl (C=O) groups is 4. The van der Waals surface area contributed by atoms with Gasteiger partial charge in [-0.25, -0.2) is 4.79 Å². The van der Waals surface area contributed by atoms with Crippen molar-refractivity contribution in [1.29, 1.82) is 0 Å². The molecule has 0 saturated carbocycles. The van der Waals surface area contributed by atoms with E-state index in [-0.39, 0.29) is 55.1 Å². The molecule has 10 heteroatoms. The molecule has 2 N–H and O–H groups in total. The van der Waals surface area contributed by atoms with Crippen molar-refractivity contribution in [2.75, 3.05) is 6.61 Å². The Balaban J connectivity index is 2.87. The molecule has 3 atom stereocenters. The van der Waals surface area contributed by atoms with Gasteiger partial charge in [0.05, 0.1) is 6.61 Å². The van der Waals surface area contributed by atoms with Gasteiger partial charge in [0.1, 0.15) is 18.2 Å². The molecular formula is C28H43NO9. The van der Waals surface area contributed by atoms with Crippen LogP contribution in [0.4, 0.5) is 4.79 Å². The van der Waals surface area contributed by atoms with E-state index in [1.807, 2.05) is 41.5 Å². The summed E-state index contributed by atoms with van der Waals surface area (Å²) in [4.78, 5) is 48.9. The third kappa shape index (κ3) is 12.9. The Bertz CT molecular complexity index is 942. The molecule has 10 nitrogen and oxygen atoms in total. The zero-order valence-corrected chi connectivity index (χ0v) is 23.8. The van der Waals surface area contributed by atoms with Gasteiger partial charge < -0.3 is 29.4 Å². The van der Waals surface area contributed by atoms with Crippen molar-refractivity contribution in [3.63, 3.8) is 0 Å². The number of benzene rings is 1. The molecule has 0 amide bonds. The Labute approximate surface area is 225 Å². The monoisotopic (exact) mass is 537 g/mol. The van der Waals surface area contributed by atoms with Gasteiger partial charge in [-0.05, 0) is 55.7 Å². The molecule has 0 spiro atoms. The highest BCUT2D eigenvalue weighted by atomic mass is 16.7. The van der Waals surface area contributed by atoms with E-state index in [4.69, 9.17) is 29.4 Å². The molecule has 0 aliphatic rings. The van der Waals surface area contributed by atoms with Crippen LogP contribution in [0, 0.1) is 17.8 Å². The lowest BCUT2D eigenvalue weighted by Crippen LogP contribution is -2.39. The maximum atomic E-state index is 12.6. The first-order valence-electron chi connectivity index (χ1n) is 13.0. The van der Waals surface area contributed by atoms with E-state index < -0.39 is 42.3 Å². The van der Waals surface area contributed by atoms with E-state index in [1.165, 1.54) is 12.1 Å². The van der Waals surface area contributed by atoms with E-state index in [1.54, 1.807) is 19.9 Å². The van der Waals surface area contributed by atoms with E-state index >= 15 is 0 Å². The molecule has 0 unspecified atom stereocenters. The number of hydrogen-bond donors (Lipinski definition) is 1. The summed E-state index contributed by atoms with van der Waals surface area (Å²) in [6.07, 6.45) is -1.92. The Morgan fingerprint density at radius 2 is 1.26 bits per heavy atom. The predicted octanol–water partition coefficient (Wildman–Crippen LogP) is 4.59. The highest BCUT2D eigenvalue weighted by molar-refractivity contribution is 5.77. The van der Waals surface area contributed by atoms with Gasteiger partial charge in [0.25, 0.3) is 0 Å². The van der Waals surface area contributed by atoms with Crippen LogP contribution in [0.15, 0.2) is 18.2 Å². The summed E-state index contributed by atoms with van der Waals surface area (Å²) in [6.45, 7) is 14.7. The highest BCUT2D eigenvalue weighted by Crippen LogP contribution is 2.30. The first-order valence-corrected chi connectivity index (χ1v) is 13.0. The van der Waals surface area contributed by atoms with Crippen LogP contribution in [0.3, 0.4) is 0 Å². The van der Waals surface area contributed by atoms with Gasteiger partial charge in [-0.3, -0.25) is 14.4 Å². The van der Waals surface area contributed by atoms with Gasteiger partial charge in [0.2, 0.25) is 0 Å². The molecule has 0 heterocycles. The molecule has 38 heavy (non-hydrogen) atoms. The van der Waals surface area contributed by atoms with E-state index in [2.05, 4.69) is 0 Å². The summed E-state index contributed by atoms with van der Waals surface area (Å²) in [7, 11) is 0. The van der Waals surface area contributed by atoms with Gasteiger partial charge >= 0.3 is 24.1 Å². The van der Waals surface area contributed by atoms with Gasteiger partial charge in [-0.1, -0.05) is 47.6 Å². The standard InChI is InChI=1S/C28H43NO9/c1-16(2)11-25(30)37-23-10-9-21(14-24(23)38-26(31)12-17(3)4)13-22(29)27(32)35-19(7)20(8)36-28(33)34-15-18(5)6/h9-10,14,16-20,22H,11-13,15,29H2,1-8H3/t19-,20-,22-/m0/s1. The SMILES string of the molecule is CC(C)COC(=O)O[C@@H](C)[C@H](C)OC(=O)[C@@H](N)Cc1ccc(OC(=O)CC(C)C)c(OC(=O)CC(C)C)c1. The van der Waals surface area contributed by atoms with Gasteiger partial charge in [-0.15, -0.1) is 0 Å². The van der Waals surface area contributed by atoms with Gasteiger partial charge in [-0.2, -0.15) is 0 Å². The van der Waals surface area contributed by atoms with Crippen molar-refractivity contribution in [2.24, 2.45) is 23.5 Å². The topological polar surface area (TPSA) is 140 Å². The second kappa shape index (κ2) is 16.0. The van der Waals surface area contributed by atoms with Crippen molar-refractivity contribution in [3.05, 3.63) is 23.8 Å². The number of rotatable bonds is 14. The quantitative estimate of drug-likeness (QED) is 0.265. The van der Waals surface area contributed by atoms with Crippen molar-refractivity contribution in [3.8, 4) is 11.5 Å². The van der Waals surface area contributed by atoms with Crippen molar-refractivity contribution in [2.45, 2.75) is 92.9 Å². The van der Waals surface area contributed by atoms with Crippen LogP contribution in [0.2, 0.25) is 0 Å². The van der Waals surface area contributed by atoms with Crippen LogP contribution in [0.1, 0.15) is 73.8 Å². The highest BCUT2D eigenvalue weighted by Gasteiger charge is 2.25. The summed E-state index contributed by atoms with van der Waals surface area (Å²) in [5.74, 6) is -1.12. The minimum absolute atomic E-state index is 0.0617. The third-order valence-corrected chi connectivity index (χ3v) is 5.14. The fourth-order valence-electron chi connectivity index (χ4n) is 3.06. The summed E-state index contributed by atoms with van der Waals surface area (Å²) in [6, 6.07) is 3.60. The van der Waals surface area contributed by atoms with Crippen LogP contribution in [0.5, 0.6) is 11.5 Å². The molecule has 0 bridgehead atoms. The third-order valence-electron chi connectivity index (χ3n) is 5.14. The molecule has 0 aromatic heterocycles. The summed E-state index contributed by atoms with van der Waals surface area (Å²) >= 11 is 0. The lowest BCUT2D eigenvalue weighted by molar-refractivity contribution is -0.155. The van der Waals surface area contributed by atoms with Crippen LogP contribution in [-0.2, 0) is 35.0 Å². The van der Waals surface area contributed by atoms with E-state index in [0.717, 1.165) is 0 Å². The smallest absolute Gasteiger partial charge is 0.458 e. The first-order chi connectivity index (χ1) is 17.7. The predicted molar refractivity (Wildman–Crippen MR) is 141 cm³/mol. The Kier molecular flexibility index (Phi) is 13.8. The van der Waals surface area contributed by atoms with Crippen molar-refractivity contribution < 1.29 is 42.9 Å².